The first-order chi connectivity index (χ1) is 13.1. The summed E-state index contributed by atoms with van der Waals surface area (Å²) >= 11 is 0. The largest absolute Gasteiger partial charge is 0.494 e. The van der Waals surface area contributed by atoms with Crippen LogP contribution in [0.2, 0.25) is 0 Å². The fraction of sp³-hybridized carbons (Fsp3) is 0.556. The molecule has 154 valence electrons. The summed E-state index contributed by atoms with van der Waals surface area (Å²) in [5.41, 5.74) is -0.647. The van der Waals surface area contributed by atoms with Gasteiger partial charge in [-0.15, -0.1) is 0 Å². The van der Waals surface area contributed by atoms with E-state index in [0.717, 1.165) is 6.07 Å². The van der Waals surface area contributed by atoms with Crippen molar-refractivity contribution in [3.8, 4) is 5.75 Å². The van der Waals surface area contributed by atoms with Crippen LogP contribution in [0, 0.1) is 16.0 Å². The molecule has 1 heterocycles. The second-order valence-corrected chi connectivity index (χ2v) is 7.45. The fourth-order valence-corrected chi connectivity index (χ4v) is 2.74. The van der Waals surface area contributed by atoms with Gasteiger partial charge in [0.15, 0.2) is 5.69 Å². The molecule has 1 N–H and O–H groups in total. The van der Waals surface area contributed by atoms with Crippen LogP contribution >= 0.6 is 0 Å². The van der Waals surface area contributed by atoms with E-state index in [2.05, 4.69) is 10.1 Å². The van der Waals surface area contributed by atoms with E-state index in [9.17, 15) is 19.7 Å². The van der Waals surface area contributed by atoms with Crippen molar-refractivity contribution >= 4 is 23.4 Å². The molecule has 0 aliphatic carbocycles. The Kier molecular flexibility index (Phi) is 6.32. The highest BCUT2D eigenvalue weighted by Gasteiger charge is 2.34. The molecule has 0 unspecified atom stereocenters. The highest BCUT2D eigenvalue weighted by molar-refractivity contribution is 5.93. The molecule has 1 aromatic carbocycles. The minimum atomic E-state index is -0.694. The molecule has 10 heteroatoms. The first-order valence-corrected chi connectivity index (χ1v) is 8.72. The lowest BCUT2D eigenvalue weighted by atomic mass is 10.0. The van der Waals surface area contributed by atoms with Gasteiger partial charge in [-0.1, -0.05) is 0 Å². The third-order valence-corrected chi connectivity index (χ3v) is 4.10. The zero-order chi connectivity index (χ0) is 21.1. The number of amides is 1. The van der Waals surface area contributed by atoms with Crippen molar-refractivity contribution in [1.29, 1.82) is 0 Å². The third-order valence-electron chi connectivity index (χ3n) is 4.10. The Balaban J connectivity index is 2.06. The van der Waals surface area contributed by atoms with Gasteiger partial charge in [0.1, 0.15) is 11.4 Å². The number of nitro benzene ring substituents is 1. The first-order valence-electron chi connectivity index (χ1n) is 8.72. The highest BCUT2D eigenvalue weighted by Crippen LogP contribution is 2.36. The molecule has 1 aliphatic rings. The molecule has 1 aromatic rings. The van der Waals surface area contributed by atoms with Crippen LogP contribution in [-0.2, 0) is 9.47 Å². The van der Waals surface area contributed by atoms with Crippen LogP contribution in [0.5, 0.6) is 5.75 Å². The summed E-state index contributed by atoms with van der Waals surface area (Å²) in [5.74, 6) is -0.421. The van der Waals surface area contributed by atoms with E-state index in [4.69, 9.17) is 9.47 Å². The number of nitrogens with zero attached hydrogens (tertiary/aromatic N) is 2. The number of carbonyl (C=O) groups excluding carboxylic acids is 2. The molecule has 0 spiro atoms. The minimum Gasteiger partial charge on any atom is -0.494 e. The van der Waals surface area contributed by atoms with E-state index in [1.807, 2.05) is 0 Å². The smallest absolute Gasteiger partial charge is 0.410 e. The Bertz CT molecular complexity index is 767. The van der Waals surface area contributed by atoms with Gasteiger partial charge in [0, 0.05) is 31.6 Å². The molecule has 2 rings (SSSR count). The normalized spacial score (nSPS) is 14.1. The van der Waals surface area contributed by atoms with Gasteiger partial charge >= 0.3 is 12.1 Å². The number of rotatable bonds is 6. The Labute approximate surface area is 162 Å². The van der Waals surface area contributed by atoms with Crippen molar-refractivity contribution in [2.75, 3.05) is 39.2 Å². The monoisotopic (exact) mass is 395 g/mol. The quantitative estimate of drug-likeness (QED) is 0.443. The maximum absolute atomic E-state index is 12.0. The van der Waals surface area contributed by atoms with Gasteiger partial charge in [-0.25, -0.2) is 9.59 Å². The molecule has 1 saturated heterocycles. The molecule has 10 nitrogen and oxygen atoms in total. The fourth-order valence-electron chi connectivity index (χ4n) is 2.74. The molecule has 0 saturated carbocycles. The number of esters is 1. The second-order valence-electron chi connectivity index (χ2n) is 7.45. The van der Waals surface area contributed by atoms with Crippen LogP contribution in [0.15, 0.2) is 12.1 Å². The van der Waals surface area contributed by atoms with E-state index in [1.165, 1.54) is 20.3 Å². The predicted octanol–water partition coefficient (Wildman–Crippen LogP) is 2.67. The average molecular weight is 395 g/mol. The Morgan fingerprint density at radius 3 is 2.43 bits per heavy atom. The molecule has 0 bridgehead atoms. The molecular formula is C18H25N3O7. The van der Waals surface area contributed by atoms with Crippen LogP contribution < -0.4 is 10.1 Å². The number of nitrogens with one attached hydrogen (secondary N) is 1. The van der Waals surface area contributed by atoms with Gasteiger partial charge < -0.3 is 24.4 Å². The maximum Gasteiger partial charge on any atom is 0.410 e. The summed E-state index contributed by atoms with van der Waals surface area (Å²) < 4.78 is 15.1. The van der Waals surface area contributed by atoms with Crippen molar-refractivity contribution in [3.63, 3.8) is 0 Å². The first kappa shape index (κ1) is 21.3. The standard InChI is InChI=1S/C18H25N3O7/c1-18(2,3)28-17(23)20-9-11(10-20)8-19-15-13(21(24)25)6-12(16(22)27-5)7-14(15)26-4/h6-7,11,19H,8-10H2,1-5H3. The van der Waals surface area contributed by atoms with Gasteiger partial charge in [-0.3, -0.25) is 10.1 Å². The third kappa shape index (κ3) is 5.02. The van der Waals surface area contributed by atoms with E-state index < -0.39 is 16.5 Å². The van der Waals surface area contributed by atoms with Crippen LogP contribution in [-0.4, -0.2) is 61.3 Å². The predicted molar refractivity (Wildman–Crippen MR) is 101 cm³/mol. The lowest BCUT2D eigenvalue weighted by Gasteiger charge is -2.39. The molecule has 1 fully saturated rings. The molecule has 0 atom stereocenters. The van der Waals surface area contributed by atoms with Crippen molar-refractivity contribution in [2.24, 2.45) is 5.92 Å². The number of ether oxygens (including phenoxy) is 3. The highest BCUT2D eigenvalue weighted by atomic mass is 16.6. The Morgan fingerprint density at radius 1 is 1.29 bits per heavy atom. The second kappa shape index (κ2) is 8.32. The number of likely N-dealkylation sites (tertiary alicyclic amines) is 1. The molecule has 0 aromatic heterocycles. The van der Waals surface area contributed by atoms with Crippen LogP contribution in [0.1, 0.15) is 31.1 Å². The molecular weight excluding hydrogens is 370 g/mol. The summed E-state index contributed by atoms with van der Waals surface area (Å²) in [6.45, 7) is 6.76. The van der Waals surface area contributed by atoms with E-state index in [0.29, 0.717) is 19.6 Å². The minimum absolute atomic E-state index is 0.0244. The van der Waals surface area contributed by atoms with E-state index >= 15 is 0 Å². The van der Waals surface area contributed by atoms with Gasteiger partial charge in [0.05, 0.1) is 24.7 Å². The van der Waals surface area contributed by atoms with Crippen LogP contribution in [0.25, 0.3) is 0 Å². The van der Waals surface area contributed by atoms with Crippen molar-refractivity contribution in [1.82, 2.24) is 4.90 Å². The molecule has 1 amide bonds. The molecule has 28 heavy (non-hydrogen) atoms. The molecule has 0 radical (unpaired) electrons. The maximum atomic E-state index is 12.0. The lowest BCUT2D eigenvalue weighted by Crippen LogP contribution is -2.53. The number of benzene rings is 1. The van der Waals surface area contributed by atoms with Crippen molar-refractivity contribution < 1.29 is 28.7 Å². The SMILES string of the molecule is COC(=O)c1cc(OC)c(NCC2CN(C(=O)OC(C)(C)C)C2)c([N+](=O)[O-])c1. The number of carbonyl (C=O) groups is 2. The molecule has 1 aliphatic heterocycles. The van der Waals surface area contributed by atoms with Gasteiger partial charge in [-0.2, -0.15) is 0 Å². The number of hydrogen-bond donors (Lipinski definition) is 1. The summed E-state index contributed by atoms with van der Waals surface area (Å²) in [7, 11) is 2.55. The summed E-state index contributed by atoms with van der Waals surface area (Å²) in [6.07, 6.45) is -0.380. The number of methoxy groups -OCH3 is 2. The van der Waals surface area contributed by atoms with E-state index in [-0.39, 0.29) is 34.7 Å². The lowest BCUT2D eigenvalue weighted by molar-refractivity contribution is -0.384. The average Bonchev–Trinajstić information content (AvgIpc) is 2.57. The zero-order valence-electron chi connectivity index (χ0n) is 16.6. The van der Waals surface area contributed by atoms with Crippen molar-refractivity contribution in [3.05, 3.63) is 27.8 Å². The zero-order valence-corrected chi connectivity index (χ0v) is 16.6. The summed E-state index contributed by atoms with van der Waals surface area (Å²) in [6, 6.07) is 2.53. The van der Waals surface area contributed by atoms with Gasteiger partial charge in [0.25, 0.3) is 5.69 Å². The van der Waals surface area contributed by atoms with Gasteiger partial charge in [-0.05, 0) is 26.8 Å². The summed E-state index contributed by atoms with van der Waals surface area (Å²) in [5, 5.41) is 14.5. The van der Waals surface area contributed by atoms with E-state index in [1.54, 1.807) is 25.7 Å². The number of hydrogen-bond acceptors (Lipinski definition) is 8. The number of nitro groups is 1. The van der Waals surface area contributed by atoms with Crippen LogP contribution in [0.4, 0.5) is 16.2 Å². The Morgan fingerprint density at radius 2 is 1.93 bits per heavy atom. The summed E-state index contributed by atoms with van der Waals surface area (Å²) in [4.78, 5) is 36.1. The van der Waals surface area contributed by atoms with Crippen molar-refractivity contribution in [2.45, 2.75) is 26.4 Å². The topological polar surface area (TPSA) is 120 Å². The Hall–Kier alpha value is -3.04. The van der Waals surface area contributed by atoms with Crippen LogP contribution in [0.3, 0.4) is 0 Å². The number of anilines is 1. The van der Waals surface area contributed by atoms with Gasteiger partial charge in [0.2, 0.25) is 0 Å².